The van der Waals surface area contributed by atoms with Crippen LogP contribution in [0.4, 0.5) is 0 Å². The first-order valence-corrected chi connectivity index (χ1v) is 6.19. The molecule has 2 unspecified atom stereocenters. The molecule has 2 N–H and O–H groups in total. The molecule has 0 saturated carbocycles. The van der Waals surface area contributed by atoms with Gasteiger partial charge in [-0.3, -0.25) is 4.79 Å². The Balaban J connectivity index is 2.10. The number of benzene rings is 1. The van der Waals surface area contributed by atoms with Gasteiger partial charge in [0.05, 0.1) is 0 Å². The minimum Gasteiger partial charge on any atom is -0.337 e. The lowest BCUT2D eigenvalue weighted by Crippen LogP contribution is -2.49. The quantitative estimate of drug-likeness (QED) is 0.802. The van der Waals surface area contributed by atoms with Gasteiger partial charge in [0, 0.05) is 24.7 Å². The largest absolute Gasteiger partial charge is 0.337 e. The van der Waals surface area contributed by atoms with Crippen LogP contribution < -0.4 is 5.73 Å². The molecule has 3 nitrogen and oxygen atoms in total. The standard InChI is InChI=1S/C14H20N2O/c1-10-4-3-5-12(8-10)14(17)16-7-6-11(2)13(15)9-16/h3-5,8,11,13H,6-7,9,15H2,1-2H3. The van der Waals surface area contributed by atoms with Crippen LogP contribution >= 0.6 is 0 Å². The van der Waals surface area contributed by atoms with E-state index in [1.54, 1.807) is 0 Å². The molecule has 0 spiro atoms. The molecule has 1 aromatic rings. The van der Waals surface area contributed by atoms with Gasteiger partial charge < -0.3 is 10.6 Å². The second-order valence-electron chi connectivity index (χ2n) is 5.05. The zero-order valence-corrected chi connectivity index (χ0v) is 10.5. The molecular formula is C14H20N2O. The predicted octanol–water partition coefficient (Wildman–Crippen LogP) is 1.80. The van der Waals surface area contributed by atoms with Gasteiger partial charge in [-0.05, 0) is 31.4 Å². The number of amides is 1. The average molecular weight is 232 g/mol. The molecule has 1 aliphatic heterocycles. The smallest absolute Gasteiger partial charge is 0.253 e. The van der Waals surface area contributed by atoms with E-state index in [-0.39, 0.29) is 11.9 Å². The number of likely N-dealkylation sites (tertiary alicyclic amines) is 1. The number of carbonyl (C=O) groups is 1. The second kappa shape index (κ2) is 4.88. The summed E-state index contributed by atoms with van der Waals surface area (Å²) in [5, 5.41) is 0. The molecule has 0 aliphatic carbocycles. The SMILES string of the molecule is Cc1cccc(C(=O)N2CCC(C)C(N)C2)c1. The fourth-order valence-corrected chi connectivity index (χ4v) is 2.24. The van der Waals surface area contributed by atoms with Crippen LogP contribution in [0.2, 0.25) is 0 Å². The number of hydrogen-bond donors (Lipinski definition) is 1. The molecule has 0 bridgehead atoms. The number of nitrogens with zero attached hydrogens (tertiary/aromatic N) is 1. The average Bonchev–Trinajstić information content (AvgIpc) is 2.32. The Labute approximate surface area is 103 Å². The maximum absolute atomic E-state index is 12.3. The van der Waals surface area contributed by atoms with Crippen LogP contribution in [0.3, 0.4) is 0 Å². The third-order valence-electron chi connectivity index (χ3n) is 3.57. The fourth-order valence-electron chi connectivity index (χ4n) is 2.24. The van der Waals surface area contributed by atoms with Gasteiger partial charge in [0.1, 0.15) is 0 Å². The van der Waals surface area contributed by atoms with Crippen molar-refractivity contribution >= 4 is 5.91 Å². The number of carbonyl (C=O) groups excluding carboxylic acids is 1. The van der Waals surface area contributed by atoms with Crippen LogP contribution in [-0.2, 0) is 0 Å². The van der Waals surface area contributed by atoms with Crippen molar-refractivity contribution in [2.75, 3.05) is 13.1 Å². The first-order valence-electron chi connectivity index (χ1n) is 6.19. The van der Waals surface area contributed by atoms with E-state index in [9.17, 15) is 4.79 Å². The third kappa shape index (κ3) is 2.67. The van der Waals surface area contributed by atoms with E-state index < -0.39 is 0 Å². The molecule has 17 heavy (non-hydrogen) atoms. The van der Waals surface area contributed by atoms with Crippen molar-refractivity contribution in [1.82, 2.24) is 4.90 Å². The van der Waals surface area contributed by atoms with E-state index in [4.69, 9.17) is 5.73 Å². The molecule has 1 saturated heterocycles. The Hall–Kier alpha value is -1.35. The Kier molecular flexibility index (Phi) is 3.48. The molecule has 1 aromatic carbocycles. The van der Waals surface area contributed by atoms with Crippen molar-refractivity contribution in [2.24, 2.45) is 11.7 Å². The Morgan fingerprint density at radius 2 is 2.24 bits per heavy atom. The topological polar surface area (TPSA) is 46.3 Å². The highest BCUT2D eigenvalue weighted by atomic mass is 16.2. The number of nitrogens with two attached hydrogens (primary N) is 1. The Morgan fingerprint density at radius 1 is 1.47 bits per heavy atom. The molecule has 0 radical (unpaired) electrons. The summed E-state index contributed by atoms with van der Waals surface area (Å²) in [7, 11) is 0. The van der Waals surface area contributed by atoms with Crippen molar-refractivity contribution in [3.05, 3.63) is 35.4 Å². The van der Waals surface area contributed by atoms with Gasteiger partial charge in [-0.2, -0.15) is 0 Å². The van der Waals surface area contributed by atoms with E-state index in [1.807, 2.05) is 36.1 Å². The Bertz CT molecular complexity index is 416. The van der Waals surface area contributed by atoms with Crippen LogP contribution in [0.1, 0.15) is 29.3 Å². The van der Waals surface area contributed by atoms with Crippen LogP contribution in [0.15, 0.2) is 24.3 Å². The maximum Gasteiger partial charge on any atom is 0.253 e. The van der Waals surface area contributed by atoms with Crippen LogP contribution in [0.5, 0.6) is 0 Å². The van der Waals surface area contributed by atoms with Crippen molar-refractivity contribution in [3.63, 3.8) is 0 Å². The molecule has 0 aromatic heterocycles. The van der Waals surface area contributed by atoms with E-state index in [0.717, 1.165) is 24.1 Å². The van der Waals surface area contributed by atoms with Crippen LogP contribution in [0, 0.1) is 12.8 Å². The first-order chi connectivity index (χ1) is 8.08. The summed E-state index contributed by atoms with van der Waals surface area (Å²) in [5.41, 5.74) is 7.91. The van der Waals surface area contributed by atoms with Gasteiger partial charge in [-0.1, -0.05) is 24.6 Å². The van der Waals surface area contributed by atoms with Crippen molar-refractivity contribution in [1.29, 1.82) is 0 Å². The Morgan fingerprint density at radius 3 is 2.88 bits per heavy atom. The molecule has 1 heterocycles. The van der Waals surface area contributed by atoms with Crippen molar-refractivity contribution in [3.8, 4) is 0 Å². The molecule has 2 rings (SSSR count). The highest BCUT2D eigenvalue weighted by Gasteiger charge is 2.26. The summed E-state index contributed by atoms with van der Waals surface area (Å²) in [6.07, 6.45) is 0.999. The lowest BCUT2D eigenvalue weighted by molar-refractivity contribution is 0.0672. The summed E-state index contributed by atoms with van der Waals surface area (Å²) in [6.45, 7) is 5.65. The van der Waals surface area contributed by atoms with Gasteiger partial charge >= 0.3 is 0 Å². The molecular weight excluding hydrogens is 212 g/mol. The molecule has 92 valence electrons. The highest BCUT2D eigenvalue weighted by Crippen LogP contribution is 2.18. The van der Waals surface area contributed by atoms with Gasteiger partial charge in [0.25, 0.3) is 5.91 Å². The normalized spacial score (nSPS) is 24.8. The van der Waals surface area contributed by atoms with Crippen LogP contribution in [-0.4, -0.2) is 29.9 Å². The first kappa shape index (κ1) is 12.1. The summed E-state index contributed by atoms with van der Waals surface area (Å²) < 4.78 is 0. The molecule has 1 amide bonds. The maximum atomic E-state index is 12.3. The number of hydrogen-bond acceptors (Lipinski definition) is 2. The summed E-state index contributed by atoms with van der Waals surface area (Å²) >= 11 is 0. The summed E-state index contributed by atoms with van der Waals surface area (Å²) in [4.78, 5) is 14.1. The molecule has 3 heteroatoms. The molecule has 2 atom stereocenters. The van der Waals surface area contributed by atoms with Crippen molar-refractivity contribution < 1.29 is 4.79 Å². The highest BCUT2D eigenvalue weighted by molar-refractivity contribution is 5.94. The second-order valence-corrected chi connectivity index (χ2v) is 5.05. The van der Waals surface area contributed by atoms with Gasteiger partial charge in [-0.25, -0.2) is 0 Å². The molecule has 1 aliphatic rings. The van der Waals surface area contributed by atoms with E-state index >= 15 is 0 Å². The van der Waals surface area contributed by atoms with Gasteiger partial charge in [-0.15, -0.1) is 0 Å². The zero-order chi connectivity index (χ0) is 12.4. The van der Waals surface area contributed by atoms with Crippen molar-refractivity contribution in [2.45, 2.75) is 26.3 Å². The minimum absolute atomic E-state index is 0.107. The predicted molar refractivity (Wildman–Crippen MR) is 68.8 cm³/mol. The van der Waals surface area contributed by atoms with Gasteiger partial charge in [0.15, 0.2) is 0 Å². The number of piperidine rings is 1. The zero-order valence-electron chi connectivity index (χ0n) is 10.5. The number of aryl methyl sites for hydroxylation is 1. The lowest BCUT2D eigenvalue weighted by atomic mass is 9.94. The van der Waals surface area contributed by atoms with Gasteiger partial charge in [0.2, 0.25) is 0 Å². The van der Waals surface area contributed by atoms with E-state index in [1.165, 1.54) is 0 Å². The van der Waals surface area contributed by atoms with Crippen LogP contribution in [0.25, 0.3) is 0 Å². The van der Waals surface area contributed by atoms with E-state index in [0.29, 0.717) is 12.5 Å². The van der Waals surface area contributed by atoms with E-state index in [2.05, 4.69) is 6.92 Å². The minimum atomic E-state index is 0.107. The number of rotatable bonds is 1. The summed E-state index contributed by atoms with van der Waals surface area (Å²) in [5.74, 6) is 0.618. The monoisotopic (exact) mass is 232 g/mol. The lowest BCUT2D eigenvalue weighted by Gasteiger charge is -2.35. The molecule has 1 fully saturated rings. The summed E-state index contributed by atoms with van der Waals surface area (Å²) in [6, 6.07) is 7.85. The third-order valence-corrected chi connectivity index (χ3v) is 3.57. The fraction of sp³-hybridized carbons (Fsp3) is 0.500.